The monoisotopic (exact) mass is 286 g/mol. The number of hydrogen-bond donors (Lipinski definition) is 1. The van der Waals surface area contributed by atoms with Crippen LogP contribution in [-0.4, -0.2) is 26.7 Å². The van der Waals surface area contributed by atoms with E-state index >= 15 is 0 Å². The summed E-state index contributed by atoms with van der Waals surface area (Å²) in [4.78, 5) is 28.8. The number of rotatable bonds is 2. The van der Waals surface area contributed by atoms with E-state index in [0.717, 1.165) is 4.90 Å². The Hall–Kier alpha value is -2.34. The summed E-state index contributed by atoms with van der Waals surface area (Å²) in [5.41, 5.74) is 0.839. The van der Waals surface area contributed by atoms with Crippen molar-refractivity contribution in [2.45, 2.75) is 4.90 Å². The zero-order valence-electron chi connectivity index (χ0n) is 10.5. The summed E-state index contributed by atoms with van der Waals surface area (Å²) >= 11 is 1.54. The molecule has 6 heteroatoms. The van der Waals surface area contributed by atoms with Gasteiger partial charge in [0.05, 0.1) is 16.5 Å². The first-order valence-corrected chi connectivity index (χ1v) is 7.06. The number of aromatic nitrogens is 2. The van der Waals surface area contributed by atoms with Gasteiger partial charge in [0.1, 0.15) is 5.65 Å². The standard InChI is InChI=1S/C14H10N2O3S/c1-20-9-3-4-11-10(6-9)13(17)16-7-8(14(18)19)2-5-12(16)15-11/h2-7H,1H3,(H,18,19). The highest BCUT2D eigenvalue weighted by molar-refractivity contribution is 7.98. The Balaban J connectivity index is 2.42. The third kappa shape index (κ3) is 1.94. The summed E-state index contributed by atoms with van der Waals surface area (Å²) in [6.45, 7) is 0. The van der Waals surface area contributed by atoms with E-state index in [-0.39, 0.29) is 11.1 Å². The third-order valence-electron chi connectivity index (χ3n) is 3.06. The number of thioether (sulfide) groups is 1. The highest BCUT2D eigenvalue weighted by atomic mass is 32.2. The number of aromatic carboxylic acids is 1. The maximum Gasteiger partial charge on any atom is 0.337 e. The minimum atomic E-state index is -1.07. The fourth-order valence-electron chi connectivity index (χ4n) is 2.04. The lowest BCUT2D eigenvalue weighted by atomic mass is 10.2. The van der Waals surface area contributed by atoms with Crippen LogP contribution in [0.1, 0.15) is 10.4 Å². The Bertz CT molecular complexity index is 902. The maximum absolute atomic E-state index is 12.5. The number of hydrogen-bond acceptors (Lipinski definition) is 4. The predicted octanol–water partition coefficient (Wildman–Crippen LogP) is 2.27. The lowest BCUT2D eigenvalue weighted by Crippen LogP contribution is -2.16. The molecule has 20 heavy (non-hydrogen) atoms. The summed E-state index contributed by atoms with van der Waals surface area (Å²) in [5.74, 6) is -1.07. The number of carbonyl (C=O) groups is 1. The molecule has 0 spiro atoms. The summed E-state index contributed by atoms with van der Waals surface area (Å²) < 4.78 is 1.27. The van der Waals surface area contributed by atoms with Crippen LogP contribution in [0.25, 0.3) is 16.6 Å². The molecule has 0 amide bonds. The van der Waals surface area contributed by atoms with Gasteiger partial charge in [-0.3, -0.25) is 9.20 Å². The van der Waals surface area contributed by atoms with E-state index in [9.17, 15) is 9.59 Å². The van der Waals surface area contributed by atoms with Crippen LogP contribution >= 0.6 is 11.8 Å². The van der Waals surface area contributed by atoms with Crippen molar-refractivity contribution in [3.63, 3.8) is 0 Å². The normalized spacial score (nSPS) is 11.1. The first-order valence-electron chi connectivity index (χ1n) is 5.83. The summed E-state index contributed by atoms with van der Waals surface area (Å²) in [5, 5.41) is 9.47. The molecule has 0 bridgehead atoms. The van der Waals surface area contributed by atoms with Gasteiger partial charge in [-0.05, 0) is 36.6 Å². The highest BCUT2D eigenvalue weighted by Gasteiger charge is 2.09. The van der Waals surface area contributed by atoms with Gasteiger partial charge in [-0.25, -0.2) is 9.78 Å². The average molecular weight is 286 g/mol. The van der Waals surface area contributed by atoms with Crippen molar-refractivity contribution in [3.05, 3.63) is 52.4 Å². The van der Waals surface area contributed by atoms with Crippen molar-refractivity contribution < 1.29 is 9.90 Å². The second-order valence-electron chi connectivity index (χ2n) is 4.25. The number of nitrogens with zero attached hydrogens (tertiary/aromatic N) is 2. The minimum absolute atomic E-state index is 0.0572. The zero-order chi connectivity index (χ0) is 14.3. The SMILES string of the molecule is CSc1ccc2nc3ccc(C(=O)O)cn3c(=O)c2c1. The number of fused-ring (bicyclic) bond motifs is 2. The number of carboxylic acid groups (broad SMARTS) is 1. The van der Waals surface area contributed by atoms with Gasteiger partial charge < -0.3 is 5.11 Å². The lowest BCUT2D eigenvalue weighted by Gasteiger charge is -2.05. The van der Waals surface area contributed by atoms with E-state index in [1.165, 1.54) is 34.5 Å². The zero-order valence-corrected chi connectivity index (χ0v) is 11.3. The van der Waals surface area contributed by atoms with Gasteiger partial charge in [0.2, 0.25) is 0 Å². The van der Waals surface area contributed by atoms with Crippen LogP contribution in [0.15, 0.2) is 46.2 Å². The Kier molecular flexibility index (Phi) is 2.94. The molecule has 2 heterocycles. The Morgan fingerprint density at radius 2 is 2.10 bits per heavy atom. The molecule has 0 radical (unpaired) electrons. The van der Waals surface area contributed by atoms with Crippen molar-refractivity contribution in [1.29, 1.82) is 0 Å². The molecule has 2 aromatic heterocycles. The van der Waals surface area contributed by atoms with E-state index in [1.54, 1.807) is 12.1 Å². The summed E-state index contributed by atoms with van der Waals surface area (Å²) in [7, 11) is 0. The van der Waals surface area contributed by atoms with E-state index in [2.05, 4.69) is 4.98 Å². The molecule has 3 aromatic rings. The van der Waals surface area contributed by atoms with Crippen LogP contribution in [0.4, 0.5) is 0 Å². The second-order valence-corrected chi connectivity index (χ2v) is 5.13. The van der Waals surface area contributed by atoms with Gasteiger partial charge in [0.15, 0.2) is 0 Å². The molecular weight excluding hydrogens is 276 g/mol. The molecule has 3 rings (SSSR count). The minimum Gasteiger partial charge on any atom is -0.478 e. The molecule has 0 aliphatic carbocycles. The predicted molar refractivity (Wildman–Crippen MR) is 77.7 cm³/mol. The van der Waals surface area contributed by atoms with E-state index in [4.69, 9.17) is 5.11 Å². The number of carboxylic acids is 1. The number of benzene rings is 1. The molecule has 0 unspecified atom stereocenters. The first-order chi connectivity index (χ1) is 9.60. The molecule has 1 N–H and O–H groups in total. The van der Waals surface area contributed by atoms with Crippen molar-refractivity contribution in [2.24, 2.45) is 0 Å². The second kappa shape index (κ2) is 4.64. The van der Waals surface area contributed by atoms with E-state index < -0.39 is 5.97 Å². The Labute approximate surface area is 117 Å². The van der Waals surface area contributed by atoms with Gasteiger partial charge in [0, 0.05) is 11.1 Å². The van der Waals surface area contributed by atoms with Crippen LogP contribution in [0.2, 0.25) is 0 Å². The quantitative estimate of drug-likeness (QED) is 0.578. The van der Waals surface area contributed by atoms with Crippen LogP contribution in [0, 0.1) is 0 Å². The van der Waals surface area contributed by atoms with E-state index in [0.29, 0.717) is 16.6 Å². The van der Waals surface area contributed by atoms with Crippen molar-refractivity contribution in [1.82, 2.24) is 9.38 Å². The molecule has 5 nitrogen and oxygen atoms in total. The van der Waals surface area contributed by atoms with Gasteiger partial charge in [-0.15, -0.1) is 11.8 Å². The van der Waals surface area contributed by atoms with Gasteiger partial charge in [0.25, 0.3) is 5.56 Å². The topological polar surface area (TPSA) is 71.7 Å². The van der Waals surface area contributed by atoms with Gasteiger partial charge >= 0.3 is 5.97 Å². The van der Waals surface area contributed by atoms with Gasteiger partial charge in [-0.1, -0.05) is 0 Å². The summed E-state index contributed by atoms with van der Waals surface area (Å²) in [6, 6.07) is 8.45. The van der Waals surface area contributed by atoms with E-state index in [1.807, 2.05) is 12.3 Å². The third-order valence-corrected chi connectivity index (χ3v) is 3.79. The Morgan fingerprint density at radius 1 is 1.30 bits per heavy atom. The maximum atomic E-state index is 12.5. The molecule has 0 aliphatic rings. The van der Waals surface area contributed by atoms with Crippen LogP contribution < -0.4 is 5.56 Å². The lowest BCUT2D eigenvalue weighted by molar-refractivity contribution is 0.0696. The van der Waals surface area contributed by atoms with Crippen molar-refractivity contribution in [3.8, 4) is 0 Å². The molecule has 1 aromatic carbocycles. The molecule has 0 aliphatic heterocycles. The van der Waals surface area contributed by atoms with Crippen LogP contribution in [0.3, 0.4) is 0 Å². The molecule has 0 atom stereocenters. The smallest absolute Gasteiger partial charge is 0.337 e. The Morgan fingerprint density at radius 3 is 2.80 bits per heavy atom. The number of pyridine rings is 1. The van der Waals surface area contributed by atoms with Crippen LogP contribution in [0.5, 0.6) is 0 Å². The molecule has 0 saturated carbocycles. The van der Waals surface area contributed by atoms with Gasteiger partial charge in [-0.2, -0.15) is 0 Å². The van der Waals surface area contributed by atoms with Crippen LogP contribution in [-0.2, 0) is 0 Å². The first kappa shape index (κ1) is 12.7. The molecule has 100 valence electrons. The van der Waals surface area contributed by atoms with Crippen molar-refractivity contribution in [2.75, 3.05) is 6.26 Å². The fraction of sp³-hybridized carbons (Fsp3) is 0.0714. The average Bonchev–Trinajstić information content (AvgIpc) is 2.47. The molecule has 0 saturated heterocycles. The van der Waals surface area contributed by atoms with Crippen molar-refractivity contribution >= 4 is 34.3 Å². The highest BCUT2D eigenvalue weighted by Crippen LogP contribution is 2.19. The molecule has 0 fully saturated rings. The largest absolute Gasteiger partial charge is 0.478 e. The molecular formula is C14H10N2O3S. The summed E-state index contributed by atoms with van der Waals surface area (Å²) in [6.07, 6.45) is 3.23. The fourth-order valence-corrected chi connectivity index (χ4v) is 2.48.